The molecule has 2 aliphatic heterocycles. The van der Waals surface area contributed by atoms with E-state index >= 15 is 0 Å². The molecule has 4 aromatic rings. The SMILES string of the molecule is CCC(=O)N1CCN(c2nc3ccc(-c4c(C)noc4C)c4c3n2[C@@H](c2ccccn2)CO4)C[C@H]1C. The van der Waals surface area contributed by atoms with Crippen molar-refractivity contribution in [3.8, 4) is 16.9 Å². The molecule has 0 saturated carbocycles. The van der Waals surface area contributed by atoms with Crippen LogP contribution < -0.4 is 9.64 Å². The van der Waals surface area contributed by atoms with Crippen LogP contribution >= 0.6 is 0 Å². The fourth-order valence-corrected chi connectivity index (χ4v) is 5.61. The number of aryl methyl sites for hydroxylation is 2. The number of hydrogen-bond acceptors (Lipinski definition) is 7. The van der Waals surface area contributed by atoms with E-state index in [0.717, 1.165) is 64.1 Å². The molecule has 1 fully saturated rings. The molecule has 9 heteroatoms. The number of hydrogen-bond donors (Lipinski definition) is 0. The van der Waals surface area contributed by atoms with E-state index in [9.17, 15) is 4.79 Å². The van der Waals surface area contributed by atoms with E-state index in [1.165, 1.54) is 0 Å². The number of amides is 1. The first kappa shape index (κ1) is 22.6. The number of aromatic nitrogens is 4. The first-order chi connectivity index (χ1) is 17.5. The highest BCUT2D eigenvalue weighted by Gasteiger charge is 2.35. The largest absolute Gasteiger partial charge is 0.488 e. The highest BCUT2D eigenvalue weighted by Crippen LogP contribution is 2.45. The van der Waals surface area contributed by atoms with Crippen LogP contribution in [0.4, 0.5) is 5.95 Å². The van der Waals surface area contributed by atoms with Gasteiger partial charge in [-0.3, -0.25) is 14.3 Å². The summed E-state index contributed by atoms with van der Waals surface area (Å²) in [4.78, 5) is 26.5. The monoisotopic (exact) mass is 486 g/mol. The molecule has 0 radical (unpaired) electrons. The van der Waals surface area contributed by atoms with Crippen LogP contribution in [0.1, 0.15) is 43.5 Å². The predicted octanol–water partition coefficient (Wildman–Crippen LogP) is 4.13. The van der Waals surface area contributed by atoms with Gasteiger partial charge in [0.1, 0.15) is 23.9 Å². The number of piperazine rings is 1. The second kappa shape index (κ2) is 8.65. The van der Waals surface area contributed by atoms with E-state index in [1.54, 1.807) is 0 Å². The number of imidazole rings is 1. The summed E-state index contributed by atoms with van der Waals surface area (Å²) in [5.74, 6) is 2.63. The minimum atomic E-state index is -0.121. The van der Waals surface area contributed by atoms with Crippen molar-refractivity contribution in [2.75, 3.05) is 31.1 Å². The van der Waals surface area contributed by atoms with Gasteiger partial charge >= 0.3 is 0 Å². The normalized spacial score (nSPS) is 19.6. The van der Waals surface area contributed by atoms with Gasteiger partial charge in [0.15, 0.2) is 5.75 Å². The average molecular weight is 487 g/mol. The zero-order valence-corrected chi connectivity index (χ0v) is 21.1. The predicted molar refractivity (Wildman–Crippen MR) is 136 cm³/mol. The zero-order chi connectivity index (χ0) is 25.0. The topological polar surface area (TPSA) is 89.5 Å². The second-order valence-corrected chi connectivity index (χ2v) is 9.61. The molecule has 0 spiro atoms. The molecular weight excluding hydrogens is 456 g/mol. The van der Waals surface area contributed by atoms with Crippen molar-refractivity contribution in [1.29, 1.82) is 0 Å². The Morgan fingerprint density at radius 2 is 2.03 bits per heavy atom. The van der Waals surface area contributed by atoms with Gasteiger partial charge in [-0.25, -0.2) is 4.98 Å². The number of nitrogens with zero attached hydrogens (tertiary/aromatic N) is 6. The summed E-state index contributed by atoms with van der Waals surface area (Å²) in [6.45, 7) is 10.5. The molecule has 0 aliphatic carbocycles. The quantitative estimate of drug-likeness (QED) is 0.428. The molecule has 9 nitrogen and oxygen atoms in total. The van der Waals surface area contributed by atoms with Crippen LogP contribution in [0.5, 0.6) is 5.75 Å². The molecular formula is C27H30N6O3. The van der Waals surface area contributed by atoms with Crippen molar-refractivity contribution in [2.45, 2.75) is 46.2 Å². The van der Waals surface area contributed by atoms with Gasteiger partial charge in [0.25, 0.3) is 0 Å². The third-order valence-corrected chi connectivity index (χ3v) is 7.35. The van der Waals surface area contributed by atoms with Gasteiger partial charge in [-0.15, -0.1) is 0 Å². The van der Waals surface area contributed by atoms with Crippen molar-refractivity contribution in [2.24, 2.45) is 0 Å². The third-order valence-electron chi connectivity index (χ3n) is 7.35. The molecule has 1 saturated heterocycles. The first-order valence-electron chi connectivity index (χ1n) is 12.5. The van der Waals surface area contributed by atoms with Gasteiger partial charge in [0.05, 0.1) is 22.5 Å². The lowest BCUT2D eigenvalue weighted by Crippen LogP contribution is -2.54. The van der Waals surface area contributed by atoms with Gasteiger partial charge < -0.3 is 19.1 Å². The van der Waals surface area contributed by atoms with Crippen molar-refractivity contribution >= 4 is 22.9 Å². The molecule has 0 N–H and O–H groups in total. The number of rotatable bonds is 4. The molecule has 0 bridgehead atoms. The van der Waals surface area contributed by atoms with Crippen LogP contribution in [0.3, 0.4) is 0 Å². The number of benzene rings is 1. The Labute approximate surface area is 209 Å². The average Bonchev–Trinajstić information content (AvgIpc) is 3.45. The lowest BCUT2D eigenvalue weighted by atomic mass is 10.0. The van der Waals surface area contributed by atoms with E-state index < -0.39 is 0 Å². The zero-order valence-electron chi connectivity index (χ0n) is 21.1. The summed E-state index contributed by atoms with van der Waals surface area (Å²) in [7, 11) is 0. The van der Waals surface area contributed by atoms with Gasteiger partial charge in [-0.1, -0.05) is 18.1 Å². The van der Waals surface area contributed by atoms with Crippen LogP contribution in [0.2, 0.25) is 0 Å². The summed E-state index contributed by atoms with van der Waals surface area (Å²) in [5, 5.41) is 4.16. The summed E-state index contributed by atoms with van der Waals surface area (Å²) < 4.78 is 14.2. The molecule has 6 rings (SSSR count). The Balaban J connectivity index is 1.52. The van der Waals surface area contributed by atoms with Gasteiger partial charge in [0, 0.05) is 43.9 Å². The van der Waals surface area contributed by atoms with Crippen LogP contribution in [-0.2, 0) is 4.79 Å². The highest BCUT2D eigenvalue weighted by atomic mass is 16.5. The minimum absolute atomic E-state index is 0.101. The lowest BCUT2D eigenvalue weighted by Gasteiger charge is -2.41. The van der Waals surface area contributed by atoms with Crippen LogP contribution in [-0.4, -0.2) is 62.8 Å². The maximum Gasteiger partial charge on any atom is 0.222 e. The summed E-state index contributed by atoms with van der Waals surface area (Å²) in [5.41, 5.74) is 5.49. The number of pyridine rings is 1. The van der Waals surface area contributed by atoms with E-state index in [-0.39, 0.29) is 18.0 Å². The molecule has 1 aromatic carbocycles. The third kappa shape index (κ3) is 3.44. The van der Waals surface area contributed by atoms with Gasteiger partial charge in [0.2, 0.25) is 11.9 Å². The van der Waals surface area contributed by atoms with Crippen molar-refractivity contribution < 1.29 is 14.1 Å². The molecule has 2 atom stereocenters. The maximum absolute atomic E-state index is 12.4. The van der Waals surface area contributed by atoms with E-state index in [1.807, 2.05) is 62.2 Å². The lowest BCUT2D eigenvalue weighted by molar-refractivity contribution is -0.133. The van der Waals surface area contributed by atoms with E-state index in [2.05, 4.69) is 26.5 Å². The molecule has 1 amide bonds. The van der Waals surface area contributed by atoms with Crippen LogP contribution in [0.15, 0.2) is 41.1 Å². The second-order valence-electron chi connectivity index (χ2n) is 9.61. The van der Waals surface area contributed by atoms with E-state index in [0.29, 0.717) is 19.6 Å². The fraction of sp³-hybridized carbons (Fsp3) is 0.407. The van der Waals surface area contributed by atoms with Crippen molar-refractivity contribution in [1.82, 2.24) is 24.6 Å². The number of anilines is 1. The van der Waals surface area contributed by atoms with Crippen molar-refractivity contribution in [3.05, 3.63) is 53.7 Å². The summed E-state index contributed by atoms with van der Waals surface area (Å²) in [6.07, 6.45) is 2.34. The molecule has 36 heavy (non-hydrogen) atoms. The summed E-state index contributed by atoms with van der Waals surface area (Å²) in [6, 6.07) is 10.0. The van der Waals surface area contributed by atoms with E-state index in [4.69, 9.17) is 14.2 Å². The Morgan fingerprint density at radius 1 is 1.17 bits per heavy atom. The van der Waals surface area contributed by atoms with Crippen LogP contribution in [0, 0.1) is 13.8 Å². The smallest absolute Gasteiger partial charge is 0.222 e. The fourth-order valence-electron chi connectivity index (χ4n) is 5.61. The first-order valence-corrected chi connectivity index (χ1v) is 12.5. The van der Waals surface area contributed by atoms with Crippen LogP contribution in [0.25, 0.3) is 22.2 Å². The molecule has 0 unspecified atom stereocenters. The molecule has 2 aliphatic rings. The Bertz CT molecular complexity index is 1420. The molecule has 5 heterocycles. The molecule has 3 aromatic heterocycles. The number of ether oxygens (including phenoxy) is 1. The standard InChI is InChI=1S/C27H30N6O3/c1-5-23(34)32-13-12-31(14-16(32)2)27-29-21-10-9-19(24-17(3)30-36-18(24)4)26-25(21)33(27)22(15-35-26)20-8-6-7-11-28-20/h6-11,16,22H,5,12-15H2,1-4H3/t16-,22-/m1/s1. The Kier molecular flexibility index (Phi) is 5.43. The maximum atomic E-state index is 12.4. The number of carbonyl (C=O) groups is 1. The van der Waals surface area contributed by atoms with Gasteiger partial charge in [-0.05, 0) is 45.0 Å². The highest BCUT2D eigenvalue weighted by molar-refractivity contribution is 5.94. The Hall–Kier alpha value is -3.88. The summed E-state index contributed by atoms with van der Waals surface area (Å²) >= 11 is 0. The van der Waals surface area contributed by atoms with Crippen molar-refractivity contribution in [3.63, 3.8) is 0 Å². The van der Waals surface area contributed by atoms with Gasteiger partial charge in [-0.2, -0.15) is 0 Å². The number of carbonyl (C=O) groups excluding carboxylic acids is 1. The molecule has 186 valence electrons. The Morgan fingerprint density at radius 3 is 2.72 bits per heavy atom. The minimum Gasteiger partial charge on any atom is -0.488 e.